The van der Waals surface area contributed by atoms with Crippen molar-refractivity contribution in [3.05, 3.63) is 76.2 Å². The number of carbonyl (C=O) groups excluding carboxylic acids is 1. The number of nitrogens with zero attached hydrogens (tertiary/aromatic N) is 2. The Balaban J connectivity index is 1.36. The molecule has 1 aromatic heterocycles. The molecule has 1 amide bonds. The normalized spacial score (nSPS) is 13.5. The van der Waals surface area contributed by atoms with Crippen molar-refractivity contribution in [2.75, 3.05) is 25.5 Å². The van der Waals surface area contributed by atoms with Crippen molar-refractivity contribution < 1.29 is 9.53 Å². The molecule has 2 N–H and O–H groups in total. The molecule has 0 fully saturated rings. The van der Waals surface area contributed by atoms with Gasteiger partial charge < -0.3 is 15.0 Å². The first-order valence-corrected chi connectivity index (χ1v) is 9.96. The zero-order chi connectivity index (χ0) is 20.9. The molecule has 1 aliphatic heterocycles. The first-order chi connectivity index (χ1) is 14.6. The largest absolute Gasteiger partial charge is 0.497 e. The van der Waals surface area contributed by atoms with Gasteiger partial charge in [-0.2, -0.15) is 0 Å². The molecule has 0 unspecified atom stereocenters. The van der Waals surface area contributed by atoms with Gasteiger partial charge in [-0.1, -0.05) is 30.3 Å². The maximum Gasteiger partial charge on any atom is 0.255 e. The van der Waals surface area contributed by atoms with Crippen molar-refractivity contribution in [2.45, 2.75) is 19.4 Å². The Bertz CT molecular complexity index is 1080. The number of amides is 1. The van der Waals surface area contributed by atoms with E-state index in [1.54, 1.807) is 19.2 Å². The third-order valence-corrected chi connectivity index (χ3v) is 5.22. The van der Waals surface area contributed by atoms with E-state index in [1.165, 1.54) is 0 Å². The van der Waals surface area contributed by atoms with E-state index in [4.69, 9.17) is 4.74 Å². The molecule has 0 aliphatic carbocycles. The number of carbonyl (C=O) groups is 1. The number of benzene rings is 2. The molecular formula is C23H24N4O3. The summed E-state index contributed by atoms with van der Waals surface area (Å²) in [5.41, 5.74) is 3.06. The Labute approximate surface area is 174 Å². The van der Waals surface area contributed by atoms with Crippen molar-refractivity contribution >= 4 is 11.6 Å². The highest BCUT2D eigenvalue weighted by Crippen LogP contribution is 2.19. The first-order valence-electron chi connectivity index (χ1n) is 9.96. The van der Waals surface area contributed by atoms with Crippen LogP contribution in [0.15, 0.2) is 59.4 Å². The monoisotopic (exact) mass is 404 g/mol. The molecule has 4 rings (SSSR count). The standard InChI is InChI=1S/C23H24N4O3/c1-30-18-9-7-17(8-10-18)24-21(28)12-14-27-13-11-20-19(15-27)23(29)26-22(25-20)16-5-3-2-4-6-16/h2-10H,11-15H2,1H3,(H,24,28)(H,25,26,29). The van der Waals surface area contributed by atoms with E-state index in [0.29, 0.717) is 37.3 Å². The quantitative estimate of drug-likeness (QED) is 0.660. The van der Waals surface area contributed by atoms with Crippen molar-refractivity contribution in [2.24, 2.45) is 0 Å². The van der Waals surface area contributed by atoms with Crippen molar-refractivity contribution in [3.63, 3.8) is 0 Å². The SMILES string of the molecule is COc1ccc(NC(=O)CCN2CCc3nc(-c4ccccc4)[nH]c(=O)c3C2)cc1. The molecular weight excluding hydrogens is 380 g/mol. The Morgan fingerprint density at radius 1 is 1.17 bits per heavy atom. The number of nitrogens with one attached hydrogen (secondary N) is 2. The number of methoxy groups -OCH3 is 1. The molecule has 2 aromatic carbocycles. The number of hydrogen-bond donors (Lipinski definition) is 2. The summed E-state index contributed by atoms with van der Waals surface area (Å²) in [6.45, 7) is 1.86. The number of fused-ring (bicyclic) bond motifs is 1. The van der Waals surface area contributed by atoms with Gasteiger partial charge in [0.15, 0.2) is 0 Å². The van der Waals surface area contributed by atoms with E-state index >= 15 is 0 Å². The van der Waals surface area contributed by atoms with Crippen molar-refractivity contribution in [3.8, 4) is 17.1 Å². The Hall–Kier alpha value is -3.45. The highest BCUT2D eigenvalue weighted by atomic mass is 16.5. The van der Waals surface area contributed by atoms with Crippen LogP contribution in [0, 0.1) is 0 Å². The van der Waals surface area contributed by atoms with Crippen LogP contribution in [0.4, 0.5) is 5.69 Å². The van der Waals surface area contributed by atoms with E-state index in [-0.39, 0.29) is 11.5 Å². The molecule has 30 heavy (non-hydrogen) atoms. The molecule has 0 saturated carbocycles. The summed E-state index contributed by atoms with van der Waals surface area (Å²) < 4.78 is 5.12. The minimum Gasteiger partial charge on any atom is -0.497 e. The summed E-state index contributed by atoms with van der Waals surface area (Å²) >= 11 is 0. The van der Waals surface area contributed by atoms with Gasteiger partial charge in [-0.3, -0.25) is 14.5 Å². The van der Waals surface area contributed by atoms with Gasteiger partial charge >= 0.3 is 0 Å². The number of anilines is 1. The van der Waals surface area contributed by atoms with Gasteiger partial charge in [0.25, 0.3) is 5.56 Å². The molecule has 0 spiro atoms. The summed E-state index contributed by atoms with van der Waals surface area (Å²) in [6.07, 6.45) is 1.05. The van der Waals surface area contributed by atoms with Crippen molar-refractivity contribution in [1.82, 2.24) is 14.9 Å². The van der Waals surface area contributed by atoms with Crippen LogP contribution in [0.25, 0.3) is 11.4 Å². The third-order valence-electron chi connectivity index (χ3n) is 5.22. The fourth-order valence-electron chi connectivity index (χ4n) is 3.56. The molecule has 7 heteroatoms. The minimum atomic E-state index is -0.105. The van der Waals surface area contributed by atoms with E-state index in [0.717, 1.165) is 29.2 Å². The second-order valence-corrected chi connectivity index (χ2v) is 7.26. The molecule has 7 nitrogen and oxygen atoms in total. The molecule has 154 valence electrons. The van der Waals surface area contributed by atoms with Gasteiger partial charge in [-0.05, 0) is 24.3 Å². The summed E-state index contributed by atoms with van der Waals surface area (Å²) in [7, 11) is 1.60. The first kappa shape index (κ1) is 19.8. The average molecular weight is 404 g/mol. The van der Waals surface area contributed by atoms with Gasteiger partial charge in [0.2, 0.25) is 5.91 Å². The van der Waals surface area contributed by atoms with Crippen LogP contribution < -0.4 is 15.6 Å². The maximum atomic E-state index is 12.6. The summed E-state index contributed by atoms with van der Waals surface area (Å²) in [5, 5.41) is 2.89. The van der Waals surface area contributed by atoms with Crippen LogP contribution >= 0.6 is 0 Å². The minimum absolute atomic E-state index is 0.0579. The van der Waals surface area contributed by atoms with Crippen LogP contribution in [-0.2, 0) is 17.8 Å². The fraction of sp³-hybridized carbons (Fsp3) is 0.261. The zero-order valence-electron chi connectivity index (χ0n) is 16.9. The van der Waals surface area contributed by atoms with E-state index in [2.05, 4.69) is 20.2 Å². The number of hydrogen-bond acceptors (Lipinski definition) is 5. The predicted molar refractivity (Wildman–Crippen MR) is 116 cm³/mol. The topological polar surface area (TPSA) is 87.3 Å². The lowest BCUT2D eigenvalue weighted by atomic mass is 10.1. The summed E-state index contributed by atoms with van der Waals surface area (Å²) in [6, 6.07) is 16.9. The van der Waals surface area contributed by atoms with Gasteiger partial charge in [0.05, 0.1) is 18.4 Å². The zero-order valence-corrected chi connectivity index (χ0v) is 16.9. The lowest BCUT2D eigenvalue weighted by Crippen LogP contribution is -2.37. The lowest BCUT2D eigenvalue weighted by Gasteiger charge is -2.27. The highest BCUT2D eigenvalue weighted by molar-refractivity contribution is 5.90. The van der Waals surface area contributed by atoms with Gasteiger partial charge in [-0.15, -0.1) is 0 Å². The van der Waals surface area contributed by atoms with Crippen LogP contribution in [0.3, 0.4) is 0 Å². The number of rotatable bonds is 6. The fourth-order valence-corrected chi connectivity index (χ4v) is 3.56. The van der Waals surface area contributed by atoms with Crippen LogP contribution in [-0.4, -0.2) is 41.0 Å². The van der Waals surface area contributed by atoms with E-state index in [1.807, 2.05) is 42.5 Å². The predicted octanol–water partition coefficient (Wildman–Crippen LogP) is 2.83. The Morgan fingerprint density at radius 2 is 1.93 bits per heavy atom. The van der Waals surface area contributed by atoms with Gasteiger partial charge in [0, 0.05) is 43.7 Å². The second-order valence-electron chi connectivity index (χ2n) is 7.26. The van der Waals surface area contributed by atoms with Crippen molar-refractivity contribution in [1.29, 1.82) is 0 Å². The van der Waals surface area contributed by atoms with Crippen LogP contribution in [0.5, 0.6) is 5.75 Å². The van der Waals surface area contributed by atoms with Gasteiger partial charge in [-0.25, -0.2) is 4.98 Å². The van der Waals surface area contributed by atoms with Gasteiger partial charge in [0.1, 0.15) is 11.6 Å². The third kappa shape index (κ3) is 4.58. The lowest BCUT2D eigenvalue weighted by molar-refractivity contribution is -0.116. The number of H-pyrrole nitrogens is 1. The molecule has 0 saturated heterocycles. The van der Waals surface area contributed by atoms with E-state index in [9.17, 15) is 9.59 Å². The molecule has 1 aliphatic rings. The maximum absolute atomic E-state index is 12.6. The average Bonchev–Trinajstić information content (AvgIpc) is 2.79. The summed E-state index contributed by atoms with van der Waals surface area (Å²) in [5.74, 6) is 1.29. The molecule has 0 bridgehead atoms. The smallest absolute Gasteiger partial charge is 0.255 e. The van der Waals surface area contributed by atoms with E-state index < -0.39 is 0 Å². The summed E-state index contributed by atoms with van der Waals surface area (Å²) in [4.78, 5) is 34.6. The number of ether oxygens (including phenoxy) is 1. The molecule has 0 atom stereocenters. The Morgan fingerprint density at radius 3 is 2.67 bits per heavy atom. The molecule has 0 radical (unpaired) electrons. The van der Waals surface area contributed by atoms with Crippen LogP contribution in [0.2, 0.25) is 0 Å². The highest BCUT2D eigenvalue weighted by Gasteiger charge is 2.22. The van der Waals surface area contributed by atoms with Crippen LogP contribution in [0.1, 0.15) is 17.7 Å². The number of aromatic amines is 1. The Kier molecular flexibility index (Phi) is 5.90. The number of aromatic nitrogens is 2. The second kappa shape index (κ2) is 8.92. The molecule has 2 heterocycles. The molecule has 3 aromatic rings.